The van der Waals surface area contributed by atoms with E-state index in [9.17, 15) is 16.8 Å². The van der Waals surface area contributed by atoms with Gasteiger partial charge in [-0.15, -0.1) is 0 Å². The summed E-state index contributed by atoms with van der Waals surface area (Å²) < 4.78 is 51.7. The van der Waals surface area contributed by atoms with Gasteiger partial charge in [-0.25, -0.2) is 4.98 Å². The van der Waals surface area contributed by atoms with Gasteiger partial charge in [-0.3, -0.25) is 14.1 Å². The molecular formula is C19H23N7O6S2. The number of anilines is 3. The van der Waals surface area contributed by atoms with Crippen LogP contribution in [0.1, 0.15) is 12.8 Å². The maximum absolute atomic E-state index is 9.19. The first kappa shape index (κ1) is 25.2. The van der Waals surface area contributed by atoms with Gasteiger partial charge in [-0.2, -0.15) is 26.8 Å². The Balaban J connectivity index is 0.000000277. The molecule has 3 heterocycles. The Hall–Kier alpha value is -3.40. The van der Waals surface area contributed by atoms with Crippen LogP contribution < -0.4 is 10.6 Å². The Labute approximate surface area is 195 Å². The van der Waals surface area contributed by atoms with E-state index in [1.54, 1.807) is 12.5 Å². The van der Waals surface area contributed by atoms with Crippen molar-refractivity contribution in [2.24, 2.45) is 0 Å². The lowest BCUT2D eigenvalue weighted by atomic mass is 10.2. The third-order valence-corrected chi connectivity index (χ3v) is 4.06. The number of imidazole rings is 1. The summed E-state index contributed by atoms with van der Waals surface area (Å²) in [5.41, 5.74) is 3.37. The number of nitrogens with one attached hydrogen (secondary N) is 3. The molecule has 0 aliphatic heterocycles. The minimum absolute atomic E-state index is 0.506. The second-order valence-corrected chi connectivity index (χ2v) is 10.3. The quantitative estimate of drug-likeness (QED) is 0.252. The smallest absolute Gasteiger partial charge is 0.261 e. The lowest BCUT2D eigenvalue weighted by Gasteiger charge is -2.09. The van der Waals surface area contributed by atoms with Crippen LogP contribution in [0.25, 0.3) is 22.1 Å². The second-order valence-electron chi connectivity index (χ2n) is 7.42. The SMILES string of the molecule is CS(=O)(=O)O.CS(=O)(=O)O.c1cnc2ccc(Nc3nc(NC4CC4)c4[nH]cnc4n3)cc2c1. The zero-order chi connectivity index (χ0) is 24.9. The number of H-pyrrole nitrogens is 1. The molecule has 0 amide bonds. The molecule has 3 aromatic heterocycles. The molecule has 0 spiro atoms. The Morgan fingerprint density at radius 1 is 1.00 bits per heavy atom. The molecule has 1 aliphatic carbocycles. The van der Waals surface area contributed by atoms with E-state index in [1.165, 1.54) is 12.8 Å². The lowest BCUT2D eigenvalue weighted by Crippen LogP contribution is -2.07. The largest absolute Gasteiger partial charge is 0.365 e. The van der Waals surface area contributed by atoms with E-state index in [2.05, 4.69) is 35.6 Å². The number of rotatable bonds is 4. The van der Waals surface area contributed by atoms with Gasteiger partial charge in [0.15, 0.2) is 11.5 Å². The van der Waals surface area contributed by atoms with Crippen molar-refractivity contribution in [2.75, 3.05) is 23.1 Å². The number of nitrogens with zero attached hydrogens (tertiary/aromatic N) is 4. The van der Waals surface area contributed by atoms with Gasteiger partial charge in [0.1, 0.15) is 5.52 Å². The maximum atomic E-state index is 9.19. The van der Waals surface area contributed by atoms with Crippen LogP contribution in [0.5, 0.6) is 0 Å². The summed E-state index contributed by atoms with van der Waals surface area (Å²) in [5.74, 6) is 1.32. The molecule has 1 aliphatic rings. The first-order valence-corrected chi connectivity index (χ1v) is 13.5. The highest BCUT2D eigenvalue weighted by molar-refractivity contribution is 7.85. The average Bonchev–Trinajstić information content (AvgIpc) is 3.39. The topological polar surface area (TPSA) is 200 Å². The molecule has 15 heteroatoms. The highest BCUT2D eigenvalue weighted by Crippen LogP contribution is 2.28. The van der Waals surface area contributed by atoms with Crippen LogP contribution in [0.2, 0.25) is 0 Å². The molecule has 1 fully saturated rings. The van der Waals surface area contributed by atoms with E-state index in [0.717, 1.165) is 27.9 Å². The number of hydrogen-bond acceptors (Lipinski definition) is 10. The number of aromatic nitrogens is 5. The summed E-state index contributed by atoms with van der Waals surface area (Å²) in [6.07, 6.45) is 7.23. The predicted octanol–water partition coefficient (Wildman–Crippen LogP) is 2.23. The third-order valence-electron chi connectivity index (χ3n) is 4.06. The normalized spacial score (nSPS) is 13.4. The van der Waals surface area contributed by atoms with Crippen molar-refractivity contribution < 1.29 is 25.9 Å². The number of benzene rings is 1. The molecule has 182 valence electrons. The molecule has 5 rings (SSSR count). The zero-order valence-electron chi connectivity index (χ0n) is 18.2. The summed E-state index contributed by atoms with van der Waals surface area (Å²) in [6.45, 7) is 0. The number of fused-ring (bicyclic) bond motifs is 2. The van der Waals surface area contributed by atoms with Crippen molar-refractivity contribution in [1.29, 1.82) is 0 Å². The standard InChI is InChI=1S/C17H15N7.2CH4O3S/c1-2-10-8-12(5-6-13(10)18-7-1)22-17-23-15-14(19-9-20-15)16(24-17)21-11-3-4-11;2*1-5(2,3)4/h1-2,5-9,11H,3-4H2,(H3,19,20,21,22,23,24);2*1H3,(H,2,3,4). The Morgan fingerprint density at radius 2 is 1.68 bits per heavy atom. The summed E-state index contributed by atoms with van der Waals surface area (Å²) in [6, 6.07) is 10.5. The molecule has 0 unspecified atom stereocenters. The molecular weight excluding hydrogens is 486 g/mol. The van der Waals surface area contributed by atoms with Crippen molar-refractivity contribution >= 4 is 59.8 Å². The lowest BCUT2D eigenvalue weighted by molar-refractivity contribution is 0.488. The maximum Gasteiger partial charge on any atom is 0.261 e. The van der Waals surface area contributed by atoms with Crippen molar-refractivity contribution in [3.63, 3.8) is 0 Å². The third kappa shape index (κ3) is 8.86. The molecule has 5 N–H and O–H groups in total. The fourth-order valence-corrected chi connectivity index (χ4v) is 2.70. The minimum atomic E-state index is -3.67. The molecule has 1 saturated carbocycles. The zero-order valence-corrected chi connectivity index (χ0v) is 19.8. The van der Waals surface area contributed by atoms with Crippen LogP contribution in [0.15, 0.2) is 42.9 Å². The van der Waals surface area contributed by atoms with Crippen molar-refractivity contribution in [2.45, 2.75) is 18.9 Å². The van der Waals surface area contributed by atoms with E-state index in [0.29, 0.717) is 30.1 Å². The monoisotopic (exact) mass is 509 g/mol. The van der Waals surface area contributed by atoms with Crippen molar-refractivity contribution in [1.82, 2.24) is 24.9 Å². The summed E-state index contributed by atoms with van der Waals surface area (Å²) in [4.78, 5) is 20.8. The van der Waals surface area contributed by atoms with Gasteiger partial charge in [0.05, 0.1) is 24.4 Å². The molecule has 1 aromatic carbocycles. The Morgan fingerprint density at radius 3 is 2.32 bits per heavy atom. The first-order valence-electron chi connectivity index (χ1n) is 9.79. The van der Waals surface area contributed by atoms with Gasteiger partial charge in [0.2, 0.25) is 5.95 Å². The van der Waals surface area contributed by atoms with Crippen LogP contribution in [0.4, 0.5) is 17.5 Å². The van der Waals surface area contributed by atoms with Gasteiger partial charge in [0, 0.05) is 23.3 Å². The van der Waals surface area contributed by atoms with Gasteiger partial charge < -0.3 is 15.6 Å². The first-order chi connectivity index (χ1) is 15.8. The van der Waals surface area contributed by atoms with Crippen LogP contribution in [-0.2, 0) is 20.2 Å². The van der Waals surface area contributed by atoms with Gasteiger partial charge >= 0.3 is 0 Å². The van der Waals surface area contributed by atoms with Crippen molar-refractivity contribution in [3.05, 3.63) is 42.9 Å². The Kier molecular flexibility index (Phi) is 7.61. The van der Waals surface area contributed by atoms with E-state index < -0.39 is 20.2 Å². The highest BCUT2D eigenvalue weighted by Gasteiger charge is 2.23. The van der Waals surface area contributed by atoms with Gasteiger partial charge in [0.25, 0.3) is 20.2 Å². The predicted molar refractivity (Wildman–Crippen MR) is 128 cm³/mol. The molecule has 4 aromatic rings. The van der Waals surface area contributed by atoms with Gasteiger partial charge in [-0.05, 0) is 37.1 Å². The molecule has 13 nitrogen and oxygen atoms in total. The van der Waals surface area contributed by atoms with Crippen molar-refractivity contribution in [3.8, 4) is 0 Å². The number of hydrogen-bond donors (Lipinski definition) is 5. The van der Waals surface area contributed by atoms with E-state index in [4.69, 9.17) is 9.11 Å². The molecule has 0 atom stereocenters. The molecule has 0 radical (unpaired) electrons. The molecule has 0 saturated heterocycles. The highest BCUT2D eigenvalue weighted by atomic mass is 32.2. The fraction of sp³-hybridized carbons (Fsp3) is 0.263. The number of pyridine rings is 1. The number of aromatic amines is 1. The van der Waals surface area contributed by atoms with E-state index in [1.807, 2.05) is 30.3 Å². The summed E-state index contributed by atoms with van der Waals surface area (Å²) >= 11 is 0. The molecule has 34 heavy (non-hydrogen) atoms. The van der Waals surface area contributed by atoms with Crippen LogP contribution in [0, 0.1) is 0 Å². The van der Waals surface area contributed by atoms with E-state index in [-0.39, 0.29) is 0 Å². The molecule has 0 bridgehead atoms. The van der Waals surface area contributed by atoms with Crippen LogP contribution in [0.3, 0.4) is 0 Å². The second kappa shape index (κ2) is 10.3. The van der Waals surface area contributed by atoms with E-state index >= 15 is 0 Å². The summed E-state index contributed by atoms with van der Waals surface area (Å²) in [5, 5.41) is 7.77. The fourth-order valence-electron chi connectivity index (χ4n) is 2.70. The summed E-state index contributed by atoms with van der Waals surface area (Å²) in [7, 11) is -7.33. The minimum Gasteiger partial charge on any atom is -0.365 e. The van der Waals surface area contributed by atoms with Crippen LogP contribution >= 0.6 is 0 Å². The van der Waals surface area contributed by atoms with Gasteiger partial charge in [-0.1, -0.05) is 6.07 Å². The average molecular weight is 510 g/mol. The van der Waals surface area contributed by atoms with Crippen LogP contribution in [-0.4, -0.2) is 69.4 Å². The Bertz CT molecular complexity index is 1460.